The quantitative estimate of drug-likeness (QED) is 0.310. The molecule has 4 amide bonds. The second-order valence-electron chi connectivity index (χ2n) is 8.75. The Bertz CT molecular complexity index is 1330. The number of hydrogen-bond donors (Lipinski definition) is 3. The van der Waals surface area contributed by atoms with Crippen molar-refractivity contribution in [2.24, 2.45) is 0 Å². The second-order valence-corrected chi connectivity index (χ2v) is 8.75. The molecule has 3 aromatic carbocycles. The maximum atomic E-state index is 13.5. The zero-order chi connectivity index (χ0) is 25.4. The summed E-state index contributed by atoms with van der Waals surface area (Å²) in [4.78, 5) is 55.7. The summed E-state index contributed by atoms with van der Waals surface area (Å²) in [5.74, 6) is -1.97. The van der Waals surface area contributed by atoms with Crippen LogP contribution in [0.5, 0.6) is 0 Å². The highest BCUT2D eigenvalue weighted by molar-refractivity contribution is 6.39. The molecule has 3 N–H and O–H groups in total. The first-order valence-electron chi connectivity index (χ1n) is 11.8. The van der Waals surface area contributed by atoms with E-state index in [1.165, 1.54) is 4.90 Å². The SMILES string of the molecule is O=C1c2ccc3c4c(ccc(c24)C(=O)N1CCCNCCO)C(=O)N(c1ccc(CCO)cc1)C3=O. The van der Waals surface area contributed by atoms with Crippen LogP contribution >= 0.6 is 0 Å². The van der Waals surface area contributed by atoms with E-state index < -0.39 is 23.6 Å². The highest BCUT2D eigenvalue weighted by Crippen LogP contribution is 2.39. The van der Waals surface area contributed by atoms with Crippen LogP contribution in [0.4, 0.5) is 5.69 Å². The summed E-state index contributed by atoms with van der Waals surface area (Å²) in [6.07, 6.45) is 0.989. The van der Waals surface area contributed by atoms with Gasteiger partial charge in [-0.25, -0.2) is 4.90 Å². The zero-order valence-electron chi connectivity index (χ0n) is 19.5. The third kappa shape index (κ3) is 3.78. The van der Waals surface area contributed by atoms with E-state index in [1.807, 2.05) is 0 Å². The number of carbonyl (C=O) groups excluding carboxylic acids is 4. The molecule has 9 heteroatoms. The number of rotatable bonds is 9. The standard InChI is InChI=1S/C27H25N3O6/c31-14-10-16-2-4-17(5-3-16)30-26(35)20-8-6-18-22-19(7-9-21(23(20)22)27(30)36)25(34)29(24(18)33)13-1-11-28-12-15-32/h2-9,28,31-32H,1,10-15H2. The molecule has 2 heterocycles. The van der Waals surface area contributed by atoms with Crippen molar-refractivity contribution in [3.05, 3.63) is 76.3 Å². The molecule has 2 aliphatic heterocycles. The van der Waals surface area contributed by atoms with E-state index in [2.05, 4.69) is 5.32 Å². The molecule has 0 atom stereocenters. The Morgan fingerprint density at radius 1 is 0.639 bits per heavy atom. The van der Waals surface area contributed by atoms with Crippen LogP contribution in [0.3, 0.4) is 0 Å². The monoisotopic (exact) mass is 487 g/mol. The van der Waals surface area contributed by atoms with Gasteiger partial charge in [0, 0.05) is 52.7 Å². The topological polar surface area (TPSA) is 127 Å². The molecule has 0 spiro atoms. The van der Waals surface area contributed by atoms with Crippen LogP contribution in [-0.4, -0.2) is 71.6 Å². The molecule has 0 aliphatic carbocycles. The lowest BCUT2D eigenvalue weighted by atomic mass is 9.85. The summed E-state index contributed by atoms with van der Waals surface area (Å²) in [5.41, 5.74) is 2.37. The van der Waals surface area contributed by atoms with E-state index in [-0.39, 0.29) is 42.0 Å². The Kier molecular flexibility index (Phi) is 6.36. The van der Waals surface area contributed by atoms with Gasteiger partial charge in [-0.05, 0) is 61.3 Å². The van der Waals surface area contributed by atoms with Crippen LogP contribution in [0.15, 0.2) is 48.5 Å². The van der Waals surface area contributed by atoms with Crippen LogP contribution in [0, 0.1) is 0 Å². The average Bonchev–Trinajstić information content (AvgIpc) is 2.88. The van der Waals surface area contributed by atoms with Crippen LogP contribution in [-0.2, 0) is 6.42 Å². The summed E-state index contributed by atoms with van der Waals surface area (Å²) in [5, 5.41) is 21.7. The molecule has 3 aromatic rings. The van der Waals surface area contributed by atoms with Crippen molar-refractivity contribution < 1.29 is 29.4 Å². The van der Waals surface area contributed by atoms with Gasteiger partial charge in [0.05, 0.1) is 12.3 Å². The average molecular weight is 488 g/mol. The number of amides is 4. The number of benzene rings is 3. The Balaban J connectivity index is 1.52. The number of nitrogens with one attached hydrogen (secondary N) is 1. The molecule has 0 aromatic heterocycles. The summed E-state index contributed by atoms with van der Waals surface area (Å²) >= 11 is 0. The minimum Gasteiger partial charge on any atom is -0.396 e. The van der Waals surface area contributed by atoms with Crippen molar-refractivity contribution in [3.63, 3.8) is 0 Å². The Morgan fingerprint density at radius 2 is 1.17 bits per heavy atom. The molecule has 36 heavy (non-hydrogen) atoms. The number of nitrogens with zero attached hydrogens (tertiary/aromatic N) is 2. The van der Waals surface area contributed by atoms with Crippen LogP contribution in [0.1, 0.15) is 53.4 Å². The van der Waals surface area contributed by atoms with Crippen molar-refractivity contribution >= 4 is 40.1 Å². The minimum atomic E-state index is -0.525. The molecule has 2 aliphatic rings. The third-order valence-corrected chi connectivity index (χ3v) is 6.60. The molecule has 0 bridgehead atoms. The fraction of sp³-hybridized carbons (Fsp3) is 0.259. The number of carbonyl (C=O) groups is 4. The van der Waals surface area contributed by atoms with Gasteiger partial charge >= 0.3 is 0 Å². The van der Waals surface area contributed by atoms with Crippen molar-refractivity contribution in [2.75, 3.05) is 37.7 Å². The van der Waals surface area contributed by atoms with Crippen LogP contribution in [0.25, 0.3) is 10.8 Å². The fourth-order valence-corrected chi connectivity index (χ4v) is 4.87. The minimum absolute atomic E-state index is 0.00354. The largest absolute Gasteiger partial charge is 0.396 e. The maximum absolute atomic E-state index is 13.5. The summed E-state index contributed by atoms with van der Waals surface area (Å²) in [7, 11) is 0. The van der Waals surface area contributed by atoms with Gasteiger partial charge in [-0.2, -0.15) is 0 Å². The molecule has 0 fully saturated rings. The number of anilines is 1. The molecular formula is C27H25N3O6. The Hall–Kier alpha value is -3.92. The summed E-state index contributed by atoms with van der Waals surface area (Å²) < 4.78 is 0. The highest BCUT2D eigenvalue weighted by Gasteiger charge is 2.39. The van der Waals surface area contributed by atoms with E-state index >= 15 is 0 Å². The zero-order valence-corrected chi connectivity index (χ0v) is 19.5. The van der Waals surface area contributed by atoms with E-state index in [0.29, 0.717) is 42.4 Å². The van der Waals surface area contributed by atoms with Gasteiger partial charge < -0.3 is 15.5 Å². The maximum Gasteiger partial charge on any atom is 0.265 e. The van der Waals surface area contributed by atoms with Gasteiger partial charge in [-0.15, -0.1) is 0 Å². The molecule has 9 nitrogen and oxygen atoms in total. The van der Waals surface area contributed by atoms with Crippen LogP contribution in [0.2, 0.25) is 0 Å². The van der Waals surface area contributed by atoms with Crippen molar-refractivity contribution in [3.8, 4) is 0 Å². The lowest BCUT2D eigenvalue weighted by molar-refractivity contribution is 0.0607. The highest BCUT2D eigenvalue weighted by atomic mass is 16.3. The number of aliphatic hydroxyl groups excluding tert-OH is 2. The normalized spacial score (nSPS) is 14.8. The number of imide groups is 2. The summed E-state index contributed by atoms with van der Waals surface area (Å²) in [6, 6.07) is 13.0. The lowest BCUT2D eigenvalue weighted by Crippen LogP contribution is -2.44. The Morgan fingerprint density at radius 3 is 1.67 bits per heavy atom. The molecule has 0 unspecified atom stereocenters. The van der Waals surface area contributed by atoms with Gasteiger partial charge in [0.25, 0.3) is 23.6 Å². The van der Waals surface area contributed by atoms with Gasteiger partial charge in [0.2, 0.25) is 0 Å². The van der Waals surface area contributed by atoms with Gasteiger partial charge in [0.15, 0.2) is 0 Å². The van der Waals surface area contributed by atoms with E-state index in [4.69, 9.17) is 10.2 Å². The van der Waals surface area contributed by atoms with Gasteiger partial charge in [-0.1, -0.05) is 12.1 Å². The second kappa shape index (κ2) is 9.62. The number of hydrogen-bond acceptors (Lipinski definition) is 7. The summed E-state index contributed by atoms with van der Waals surface area (Å²) in [6.45, 7) is 1.18. The van der Waals surface area contributed by atoms with Crippen LogP contribution < -0.4 is 10.2 Å². The first-order chi connectivity index (χ1) is 17.5. The first kappa shape index (κ1) is 23.8. The molecule has 0 saturated carbocycles. The van der Waals surface area contributed by atoms with Crippen molar-refractivity contribution in [1.29, 1.82) is 0 Å². The van der Waals surface area contributed by atoms with E-state index in [0.717, 1.165) is 10.5 Å². The molecular weight excluding hydrogens is 462 g/mol. The predicted octanol–water partition coefficient (Wildman–Crippen LogP) is 1.74. The van der Waals surface area contributed by atoms with Crippen molar-refractivity contribution in [2.45, 2.75) is 12.8 Å². The molecule has 184 valence electrons. The predicted molar refractivity (Wildman–Crippen MR) is 132 cm³/mol. The fourth-order valence-electron chi connectivity index (χ4n) is 4.87. The molecule has 0 radical (unpaired) electrons. The van der Waals surface area contributed by atoms with Gasteiger partial charge in [-0.3, -0.25) is 24.1 Å². The van der Waals surface area contributed by atoms with Gasteiger partial charge in [0.1, 0.15) is 0 Å². The third-order valence-electron chi connectivity index (χ3n) is 6.60. The van der Waals surface area contributed by atoms with E-state index in [1.54, 1.807) is 48.5 Å². The Labute approximate surface area is 206 Å². The van der Waals surface area contributed by atoms with E-state index in [9.17, 15) is 19.2 Å². The van der Waals surface area contributed by atoms with Crippen molar-refractivity contribution in [1.82, 2.24) is 10.2 Å². The molecule has 5 rings (SSSR count). The first-order valence-corrected chi connectivity index (χ1v) is 11.8. The lowest BCUT2D eigenvalue weighted by Gasteiger charge is -2.32. The molecule has 0 saturated heterocycles. The number of aliphatic hydroxyl groups is 2. The smallest absolute Gasteiger partial charge is 0.265 e.